The van der Waals surface area contributed by atoms with E-state index in [1.165, 1.54) is 5.56 Å². The molecule has 2 aromatic rings. The molecular formula is C13H14NO3+. The van der Waals surface area contributed by atoms with Gasteiger partial charge < -0.3 is 15.3 Å². The van der Waals surface area contributed by atoms with Crippen LogP contribution in [0.4, 0.5) is 5.69 Å². The molecule has 17 heavy (non-hydrogen) atoms. The van der Waals surface area contributed by atoms with E-state index in [-0.39, 0.29) is 5.56 Å². The van der Waals surface area contributed by atoms with Crippen LogP contribution in [0.2, 0.25) is 0 Å². The Morgan fingerprint density at radius 1 is 1.29 bits per heavy atom. The lowest BCUT2D eigenvalue weighted by atomic mass is 9.95. The van der Waals surface area contributed by atoms with Gasteiger partial charge in [-0.15, -0.1) is 0 Å². The molecule has 0 radical (unpaired) electrons. The van der Waals surface area contributed by atoms with Gasteiger partial charge in [-0.2, -0.15) is 0 Å². The zero-order valence-electron chi connectivity index (χ0n) is 9.45. The van der Waals surface area contributed by atoms with Crippen molar-refractivity contribution < 1.29 is 20.1 Å². The Morgan fingerprint density at radius 2 is 2.06 bits per heavy atom. The average Bonchev–Trinajstić information content (AvgIpc) is 2.68. The highest BCUT2D eigenvalue weighted by Gasteiger charge is 2.24. The molecular weight excluding hydrogens is 218 g/mol. The molecule has 1 aliphatic rings. The molecule has 0 spiro atoms. The zero-order valence-corrected chi connectivity index (χ0v) is 9.45. The van der Waals surface area contributed by atoms with Crippen molar-refractivity contribution in [1.82, 2.24) is 0 Å². The number of carbonyl (C=O) groups is 1. The van der Waals surface area contributed by atoms with Crippen molar-refractivity contribution >= 4 is 22.6 Å². The highest BCUT2D eigenvalue weighted by Crippen LogP contribution is 2.36. The molecule has 0 unspecified atom stereocenters. The number of hydrogen-bond acceptors (Lipinski definition) is 2. The molecule has 1 aromatic heterocycles. The molecule has 0 amide bonds. The van der Waals surface area contributed by atoms with E-state index in [9.17, 15) is 4.79 Å². The molecule has 3 rings (SSSR count). The molecule has 4 N–H and O–H groups in total. The molecule has 1 heterocycles. The third-order valence-corrected chi connectivity index (χ3v) is 3.42. The molecule has 1 aromatic carbocycles. The highest BCUT2D eigenvalue weighted by atomic mass is 16.4. The summed E-state index contributed by atoms with van der Waals surface area (Å²) in [6, 6.07) is 3.33. The first-order chi connectivity index (χ1) is 8.18. The van der Waals surface area contributed by atoms with Crippen molar-refractivity contribution in [3.8, 4) is 0 Å². The molecule has 0 bridgehead atoms. The summed E-state index contributed by atoms with van der Waals surface area (Å²) >= 11 is 0. The number of quaternary nitrogens is 1. The smallest absolute Gasteiger partial charge is 0.339 e. The van der Waals surface area contributed by atoms with Crippen LogP contribution in [0, 0.1) is 0 Å². The van der Waals surface area contributed by atoms with Crippen molar-refractivity contribution in [3.05, 3.63) is 29.0 Å². The van der Waals surface area contributed by atoms with Gasteiger partial charge in [0.05, 0.1) is 5.39 Å². The Hall–Kier alpha value is -1.81. The fourth-order valence-electron chi connectivity index (χ4n) is 2.61. The predicted octanol–water partition coefficient (Wildman–Crippen LogP) is 1.88. The Morgan fingerprint density at radius 3 is 2.82 bits per heavy atom. The molecule has 4 nitrogen and oxygen atoms in total. The second-order valence-corrected chi connectivity index (χ2v) is 4.49. The van der Waals surface area contributed by atoms with Crippen LogP contribution in [0.3, 0.4) is 0 Å². The van der Waals surface area contributed by atoms with Crippen LogP contribution in [0.5, 0.6) is 0 Å². The summed E-state index contributed by atoms with van der Waals surface area (Å²) in [6.07, 6.45) is 4.12. The van der Waals surface area contributed by atoms with Crippen LogP contribution in [0.15, 0.2) is 16.5 Å². The number of rotatable bonds is 1. The van der Waals surface area contributed by atoms with E-state index in [0.717, 1.165) is 42.5 Å². The first-order valence-electron chi connectivity index (χ1n) is 5.81. The molecule has 0 fully saturated rings. The summed E-state index contributed by atoms with van der Waals surface area (Å²) in [6.45, 7) is 0. The lowest BCUT2D eigenvalue weighted by Gasteiger charge is -2.08. The molecule has 0 saturated heterocycles. The van der Waals surface area contributed by atoms with E-state index < -0.39 is 5.97 Å². The third kappa shape index (κ3) is 1.45. The second kappa shape index (κ2) is 3.60. The Kier molecular flexibility index (Phi) is 2.19. The van der Waals surface area contributed by atoms with Gasteiger partial charge in [0.15, 0.2) is 5.58 Å². The van der Waals surface area contributed by atoms with Crippen LogP contribution in [0.25, 0.3) is 11.0 Å². The maximum absolute atomic E-state index is 11.2. The number of carboxylic acids is 1. The quantitative estimate of drug-likeness (QED) is 0.788. The fraction of sp³-hybridized carbons (Fsp3) is 0.308. The summed E-state index contributed by atoms with van der Waals surface area (Å²) in [5.74, 6) is 0.00551. The molecule has 88 valence electrons. The maximum Gasteiger partial charge on any atom is 0.339 e. The van der Waals surface area contributed by atoms with E-state index in [2.05, 4.69) is 5.73 Å². The van der Waals surface area contributed by atoms with Crippen molar-refractivity contribution in [3.63, 3.8) is 0 Å². The lowest BCUT2D eigenvalue weighted by Crippen LogP contribution is -2.40. The summed E-state index contributed by atoms with van der Waals surface area (Å²) in [7, 11) is 0. The van der Waals surface area contributed by atoms with E-state index in [1.807, 2.05) is 0 Å². The van der Waals surface area contributed by atoms with Crippen LogP contribution in [0.1, 0.15) is 34.5 Å². The lowest BCUT2D eigenvalue weighted by molar-refractivity contribution is -0.252. The standard InChI is InChI=1S/C13H13NO3/c14-9-6-5-8(13(15)16)12-11(9)7-3-1-2-4-10(7)17-12/h5-6H,1-4,14H2,(H,15,16)/p+1. The van der Waals surface area contributed by atoms with Gasteiger partial charge >= 0.3 is 5.97 Å². The van der Waals surface area contributed by atoms with Gasteiger partial charge in [-0.25, -0.2) is 4.79 Å². The number of hydrogen-bond donors (Lipinski definition) is 2. The molecule has 4 heteroatoms. The SMILES string of the molecule is [NH3+]c1ccc(C(=O)O)c2oc3c(c12)CCCC3. The van der Waals surface area contributed by atoms with Crippen molar-refractivity contribution in [2.45, 2.75) is 25.7 Å². The number of aromatic carboxylic acids is 1. The normalized spacial score (nSPS) is 14.9. The number of aryl methyl sites for hydroxylation is 2. The molecule has 0 atom stereocenters. The molecule has 1 aliphatic carbocycles. The molecule has 0 aliphatic heterocycles. The van der Waals surface area contributed by atoms with Gasteiger partial charge in [0.2, 0.25) is 0 Å². The highest BCUT2D eigenvalue weighted by molar-refractivity contribution is 6.05. The van der Waals surface area contributed by atoms with Gasteiger partial charge in [-0.1, -0.05) is 0 Å². The van der Waals surface area contributed by atoms with Crippen molar-refractivity contribution in [2.75, 3.05) is 0 Å². The molecule has 0 saturated carbocycles. The second-order valence-electron chi connectivity index (χ2n) is 4.49. The topological polar surface area (TPSA) is 78.1 Å². The largest absolute Gasteiger partial charge is 0.478 e. The van der Waals surface area contributed by atoms with Gasteiger partial charge in [0.25, 0.3) is 0 Å². The summed E-state index contributed by atoms with van der Waals surface area (Å²) in [4.78, 5) is 11.2. The predicted molar refractivity (Wildman–Crippen MR) is 62.4 cm³/mol. The van der Waals surface area contributed by atoms with E-state index in [4.69, 9.17) is 9.52 Å². The maximum atomic E-state index is 11.2. The van der Waals surface area contributed by atoms with Crippen LogP contribution in [-0.2, 0) is 12.8 Å². The van der Waals surface area contributed by atoms with E-state index >= 15 is 0 Å². The first kappa shape index (κ1) is 10.4. The minimum atomic E-state index is -0.943. The Balaban J connectivity index is 2.39. The summed E-state index contributed by atoms with van der Waals surface area (Å²) in [5.41, 5.74) is 6.74. The number of fused-ring (bicyclic) bond motifs is 3. The van der Waals surface area contributed by atoms with Gasteiger partial charge in [-0.3, -0.25) is 0 Å². The third-order valence-electron chi connectivity index (χ3n) is 3.42. The average molecular weight is 232 g/mol. The number of benzene rings is 1. The fourth-order valence-corrected chi connectivity index (χ4v) is 2.61. The monoisotopic (exact) mass is 232 g/mol. The Labute approximate surface area is 98.0 Å². The van der Waals surface area contributed by atoms with Crippen LogP contribution in [-0.4, -0.2) is 11.1 Å². The van der Waals surface area contributed by atoms with Crippen molar-refractivity contribution in [2.24, 2.45) is 0 Å². The minimum absolute atomic E-state index is 0.238. The van der Waals surface area contributed by atoms with Crippen LogP contribution < -0.4 is 5.73 Å². The van der Waals surface area contributed by atoms with Gasteiger partial charge in [0.1, 0.15) is 17.0 Å². The summed E-state index contributed by atoms with van der Waals surface area (Å²) < 4.78 is 5.74. The summed E-state index contributed by atoms with van der Waals surface area (Å²) in [5, 5.41) is 10.1. The number of carboxylic acid groups (broad SMARTS) is 1. The minimum Gasteiger partial charge on any atom is -0.478 e. The van der Waals surface area contributed by atoms with Crippen LogP contribution >= 0.6 is 0 Å². The van der Waals surface area contributed by atoms with Gasteiger partial charge in [-0.05, 0) is 25.3 Å². The Bertz CT molecular complexity index is 613. The zero-order chi connectivity index (χ0) is 12.0. The number of furan rings is 1. The van der Waals surface area contributed by atoms with Gasteiger partial charge in [0, 0.05) is 18.1 Å². The first-order valence-corrected chi connectivity index (χ1v) is 5.81. The van der Waals surface area contributed by atoms with Crippen molar-refractivity contribution in [1.29, 1.82) is 0 Å². The van der Waals surface area contributed by atoms with E-state index in [0.29, 0.717) is 5.58 Å². The van der Waals surface area contributed by atoms with E-state index in [1.54, 1.807) is 12.1 Å².